The van der Waals surface area contributed by atoms with Crippen molar-refractivity contribution in [2.45, 2.75) is 95.2 Å². The van der Waals surface area contributed by atoms with Crippen LogP contribution in [0.25, 0.3) is 0 Å². The molecule has 0 saturated heterocycles. The molecule has 23 heavy (non-hydrogen) atoms. The van der Waals surface area contributed by atoms with E-state index in [0.29, 0.717) is 0 Å². The second-order valence-electron chi connectivity index (χ2n) is 8.45. The van der Waals surface area contributed by atoms with Gasteiger partial charge in [0.25, 0.3) is 0 Å². The minimum Gasteiger partial charge on any atom is -0.212 e. The molecule has 0 atom stereocenters. The topological polar surface area (TPSA) is 92.3 Å². The first-order chi connectivity index (χ1) is 11.2. The molecule has 0 bridgehead atoms. The van der Waals surface area contributed by atoms with Gasteiger partial charge in [-0.15, -0.1) is 0 Å². The average molecular weight is 372 g/mol. The SMILES string of the molecule is CC(C)(C)NS(=O)(=O)C1CC1.[2H]C([2H])([2H])C1(S(=O)(=O)NC(C)(C)C)CC1. The highest BCUT2D eigenvalue weighted by atomic mass is 32.2. The van der Waals surface area contributed by atoms with Crippen molar-refractivity contribution in [3.8, 4) is 0 Å². The molecular weight excluding hydrogens is 336 g/mol. The van der Waals surface area contributed by atoms with Gasteiger partial charge in [0.2, 0.25) is 20.0 Å². The average Bonchev–Trinajstić information content (AvgIpc) is 3.16. The number of sulfonamides is 2. The summed E-state index contributed by atoms with van der Waals surface area (Å²) >= 11 is 0. The van der Waals surface area contributed by atoms with Crippen molar-refractivity contribution >= 4 is 20.0 Å². The molecule has 2 fully saturated rings. The van der Waals surface area contributed by atoms with Gasteiger partial charge in [-0.25, -0.2) is 26.3 Å². The molecule has 0 aromatic carbocycles. The lowest BCUT2D eigenvalue weighted by molar-refractivity contribution is 0.483. The van der Waals surface area contributed by atoms with Gasteiger partial charge in [-0.1, -0.05) is 0 Å². The number of rotatable bonds is 4. The van der Waals surface area contributed by atoms with Gasteiger partial charge in [0.15, 0.2) is 0 Å². The maximum absolute atomic E-state index is 11.9. The van der Waals surface area contributed by atoms with Crippen LogP contribution in [-0.2, 0) is 20.0 Å². The monoisotopic (exact) mass is 371 g/mol. The molecule has 0 heterocycles. The summed E-state index contributed by atoms with van der Waals surface area (Å²) in [4.78, 5) is 0. The van der Waals surface area contributed by atoms with E-state index in [9.17, 15) is 16.8 Å². The van der Waals surface area contributed by atoms with Crippen molar-refractivity contribution in [3.05, 3.63) is 0 Å². The van der Waals surface area contributed by atoms with E-state index < -0.39 is 37.2 Å². The second-order valence-corrected chi connectivity index (χ2v) is 12.4. The Bertz CT molecular complexity index is 709. The van der Waals surface area contributed by atoms with Gasteiger partial charge in [-0.05, 0) is 74.1 Å². The molecule has 2 rings (SSSR count). The first kappa shape index (κ1) is 16.3. The zero-order chi connectivity index (χ0) is 20.8. The number of hydrogen-bond acceptors (Lipinski definition) is 4. The molecule has 6 nitrogen and oxygen atoms in total. The Kier molecular flexibility index (Phi) is 4.45. The Balaban J connectivity index is 0.000000273. The molecule has 8 heteroatoms. The Hall–Kier alpha value is -0.180. The first-order valence-corrected chi connectivity index (χ1v) is 10.8. The third-order valence-electron chi connectivity index (χ3n) is 3.07. The van der Waals surface area contributed by atoms with Gasteiger partial charge in [0.1, 0.15) is 0 Å². The van der Waals surface area contributed by atoms with Crippen molar-refractivity contribution in [2.75, 3.05) is 0 Å². The molecule has 0 amide bonds. The maximum atomic E-state index is 11.9. The van der Waals surface area contributed by atoms with E-state index in [1.54, 1.807) is 20.8 Å². The van der Waals surface area contributed by atoms with Crippen LogP contribution in [0.15, 0.2) is 0 Å². The van der Waals surface area contributed by atoms with E-state index in [4.69, 9.17) is 4.11 Å². The molecule has 0 spiro atoms. The lowest BCUT2D eigenvalue weighted by atomic mass is 10.1. The van der Waals surface area contributed by atoms with Crippen molar-refractivity contribution in [1.29, 1.82) is 0 Å². The highest BCUT2D eigenvalue weighted by Crippen LogP contribution is 2.42. The summed E-state index contributed by atoms with van der Waals surface area (Å²) in [5, 5.41) is -0.110. The summed E-state index contributed by atoms with van der Waals surface area (Å²) in [5.74, 6) is 0. The molecule has 138 valence electrons. The van der Waals surface area contributed by atoms with Crippen molar-refractivity contribution in [3.63, 3.8) is 0 Å². The zero-order valence-electron chi connectivity index (χ0n) is 17.9. The van der Waals surface area contributed by atoms with E-state index in [-0.39, 0.29) is 23.6 Å². The fraction of sp³-hybridized carbons (Fsp3) is 1.00. The lowest BCUT2D eigenvalue weighted by Gasteiger charge is -2.23. The predicted molar refractivity (Wildman–Crippen MR) is 94.3 cm³/mol. The molecule has 0 aromatic heterocycles. The molecule has 2 aliphatic carbocycles. The van der Waals surface area contributed by atoms with Crippen LogP contribution in [0.4, 0.5) is 0 Å². The van der Waals surface area contributed by atoms with Crippen LogP contribution in [0.2, 0.25) is 0 Å². The van der Waals surface area contributed by atoms with Gasteiger partial charge >= 0.3 is 0 Å². The molecular formula is C15H32N2O4S2. The first-order valence-electron chi connectivity index (χ1n) is 9.29. The summed E-state index contributed by atoms with van der Waals surface area (Å²) in [6.07, 6.45) is 2.08. The normalized spacial score (nSPS) is 23.8. The Morgan fingerprint density at radius 2 is 1.35 bits per heavy atom. The predicted octanol–water partition coefficient (Wildman–Crippen LogP) is 2.12. The van der Waals surface area contributed by atoms with E-state index >= 15 is 0 Å². The molecule has 0 aromatic rings. The molecule has 2 saturated carbocycles. The van der Waals surface area contributed by atoms with Gasteiger partial charge in [0.05, 0.1) is 10.00 Å². The van der Waals surface area contributed by atoms with Crippen molar-refractivity contribution in [2.24, 2.45) is 0 Å². The fourth-order valence-electron chi connectivity index (χ4n) is 1.77. The summed E-state index contributed by atoms with van der Waals surface area (Å²) in [6.45, 7) is 8.21. The van der Waals surface area contributed by atoms with Crippen LogP contribution in [0.5, 0.6) is 0 Å². The molecule has 0 aliphatic heterocycles. The highest BCUT2D eigenvalue weighted by Gasteiger charge is 2.50. The van der Waals surface area contributed by atoms with E-state index in [2.05, 4.69) is 9.44 Å². The Labute approximate surface area is 146 Å². The van der Waals surface area contributed by atoms with Crippen LogP contribution in [0.1, 0.15) is 78.2 Å². The summed E-state index contributed by atoms with van der Waals surface area (Å²) in [6, 6.07) is 0. The quantitative estimate of drug-likeness (QED) is 0.792. The Morgan fingerprint density at radius 3 is 1.61 bits per heavy atom. The maximum Gasteiger partial charge on any atom is 0.217 e. The van der Waals surface area contributed by atoms with Gasteiger partial charge in [-0.2, -0.15) is 0 Å². The van der Waals surface area contributed by atoms with Crippen LogP contribution in [0.3, 0.4) is 0 Å². The van der Waals surface area contributed by atoms with Crippen LogP contribution >= 0.6 is 0 Å². The fourth-order valence-corrected chi connectivity index (χ4v) is 5.19. The largest absolute Gasteiger partial charge is 0.217 e. The summed E-state index contributed by atoms with van der Waals surface area (Å²) < 4.78 is 71.7. The lowest BCUT2D eigenvalue weighted by Crippen LogP contribution is -2.45. The number of hydrogen-bond donors (Lipinski definition) is 2. The van der Waals surface area contributed by atoms with Crippen LogP contribution < -0.4 is 9.44 Å². The molecule has 0 unspecified atom stereocenters. The van der Waals surface area contributed by atoms with Crippen molar-refractivity contribution in [1.82, 2.24) is 9.44 Å². The van der Waals surface area contributed by atoms with Crippen LogP contribution in [-0.4, -0.2) is 37.9 Å². The van der Waals surface area contributed by atoms with E-state index in [1.807, 2.05) is 20.8 Å². The smallest absolute Gasteiger partial charge is 0.212 e. The summed E-state index contributed by atoms with van der Waals surface area (Å²) in [5.41, 5.74) is -0.971. The third kappa shape index (κ3) is 7.07. The van der Waals surface area contributed by atoms with E-state index in [0.717, 1.165) is 12.8 Å². The Morgan fingerprint density at radius 1 is 0.913 bits per heavy atom. The number of nitrogens with one attached hydrogen (secondary N) is 2. The zero-order valence-corrected chi connectivity index (χ0v) is 16.5. The van der Waals surface area contributed by atoms with Crippen molar-refractivity contribution < 1.29 is 20.9 Å². The minimum atomic E-state index is -3.78. The highest BCUT2D eigenvalue weighted by molar-refractivity contribution is 7.91. The third-order valence-corrected chi connectivity index (χ3v) is 7.63. The molecule has 0 radical (unpaired) electrons. The van der Waals surface area contributed by atoms with Gasteiger partial charge in [0, 0.05) is 15.2 Å². The second kappa shape index (κ2) is 6.28. The molecule has 2 N–H and O–H groups in total. The molecule has 2 aliphatic rings. The van der Waals surface area contributed by atoms with Gasteiger partial charge in [-0.3, -0.25) is 0 Å². The van der Waals surface area contributed by atoms with Crippen LogP contribution in [0, 0.1) is 0 Å². The van der Waals surface area contributed by atoms with Gasteiger partial charge < -0.3 is 0 Å². The van der Waals surface area contributed by atoms with E-state index in [1.165, 1.54) is 0 Å². The summed E-state index contributed by atoms with van der Waals surface area (Å²) in [7, 11) is -6.77. The minimum absolute atomic E-state index is 0.110. The standard InChI is InChI=1S/C8H17NO2S.C7H15NO2S/c1-7(2,3)9-12(10,11)8(4)5-6-8;1-7(2,3)8-11(9,10)6-4-5-6/h9H,5-6H2,1-4H3;6,8H,4-5H2,1-3H3/i4D3;.